The molecule has 4 heteroatoms. The summed E-state index contributed by atoms with van der Waals surface area (Å²) in [6, 6.07) is 12.6. The maximum atomic E-state index is 11.7. The Morgan fingerprint density at radius 2 is 1.69 bits per heavy atom. The number of thiophene rings is 1. The number of carbonyl (C=O) groups is 2. The van der Waals surface area contributed by atoms with Crippen molar-refractivity contribution in [1.29, 1.82) is 0 Å². The molecule has 1 saturated carbocycles. The van der Waals surface area contributed by atoms with Crippen LogP contribution in [0.1, 0.15) is 111 Å². The van der Waals surface area contributed by atoms with Crippen LogP contribution in [-0.2, 0) is 22.4 Å². The molecule has 0 amide bonds. The monoisotopic (exact) mass is 458 g/mol. The predicted molar refractivity (Wildman–Crippen MR) is 137 cm³/mol. The van der Waals surface area contributed by atoms with Crippen molar-refractivity contribution in [3.8, 4) is 0 Å². The Morgan fingerprint density at radius 1 is 0.969 bits per heavy atom. The molecule has 3 nitrogen and oxygen atoms in total. The van der Waals surface area contributed by atoms with Crippen LogP contribution in [0.4, 0.5) is 0 Å². The Balaban J connectivity index is 0.000000318. The Bertz CT molecular complexity index is 776. The molecule has 0 N–H and O–H groups in total. The van der Waals surface area contributed by atoms with E-state index in [9.17, 15) is 9.59 Å². The third-order valence-corrected chi connectivity index (χ3v) is 6.68. The van der Waals surface area contributed by atoms with Gasteiger partial charge >= 0.3 is 5.97 Å². The van der Waals surface area contributed by atoms with E-state index in [1.807, 2.05) is 26.0 Å². The first kappa shape index (κ1) is 28.1. The van der Waals surface area contributed by atoms with Gasteiger partial charge in [0.1, 0.15) is 10.7 Å². The number of benzene rings is 1. The lowest BCUT2D eigenvalue weighted by Gasteiger charge is -2.09. The zero-order valence-corrected chi connectivity index (χ0v) is 21.6. The van der Waals surface area contributed by atoms with E-state index >= 15 is 0 Å². The van der Waals surface area contributed by atoms with Gasteiger partial charge in [-0.1, -0.05) is 77.6 Å². The molecule has 2 aromatic rings. The molecule has 0 aliphatic heterocycles. The highest BCUT2D eigenvalue weighted by Crippen LogP contribution is 2.31. The second-order valence-electron chi connectivity index (χ2n) is 7.97. The normalized spacial score (nSPS) is 14.8. The highest BCUT2D eigenvalue weighted by molar-refractivity contribution is 7.13. The Morgan fingerprint density at radius 3 is 2.25 bits per heavy atom. The summed E-state index contributed by atoms with van der Waals surface area (Å²) in [6.07, 6.45) is 11.5. The van der Waals surface area contributed by atoms with Gasteiger partial charge in [0.25, 0.3) is 0 Å². The maximum Gasteiger partial charge on any atom is 0.348 e. The van der Waals surface area contributed by atoms with Gasteiger partial charge in [-0.2, -0.15) is 0 Å². The number of hydrogen-bond acceptors (Lipinski definition) is 4. The smallest absolute Gasteiger partial charge is 0.348 e. The second kappa shape index (κ2) is 16.7. The molecular weight excluding hydrogens is 416 g/mol. The molecule has 0 spiro atoms. The molecule has 0 bridgehead atoms. The summed E-state index contributed by atoms with van der Waals surface area (Å²) in [6.45, 7) is 8.37. The molecule has 3 rings (SSSR count). The third kappa shape index (κ3) is 9.68. The molecule has 1 aromatic carbocycles. The van der Waals surface area contributed by atoms with Gasteiger partial charge < -0.3 is 4.74 Å². The first-order valence-electron chi connectivity index (χ1n) is 12.4. The minimum Gasteiger partial charge on any atom is -0.465 e. The summed E-state index contributed by atoms with van der Waals surface area (Å²) in [5.41, 5.74) is 2.65. The van der Waals surface area contributed by atoms with Crippen molar-refractivity contribution in [3.63, 3.8) is 0 Å². The standard InChI is InChI=1S/C17H24O.C9H12O2S.C2H6/c1-2-3-4-5-7-14-10-12-15(13-11-14)16-8-6-9-17(16)18;1-3-4-7-5-6-8(12-7)9(10)11-2;1-2/h10-13,16H,2-9H2,1H3;5-6H,3-4H2,1-2H3;1-2H3. The number of hydrogen-bond donors (Lipinski definition) is 0. The fraction of sp³-hybridized carbons (Fsp3) is 0.571. The van der Waals surface area contributed by atoms with Gasteiger partial charge in [-0.3, -0.25) is 4.79 Å². The minimum absolute atomic E-state index is 0.194. The number of methoxy groups -OCH3 is 1. The second-order valence-corrected chi connectivity index (χ2v) is 9.14. The zero-order valence-electron chi connectivity index (χ0n) is 20.7. The number of esters is 1. The van der Waals surface area contributed by atoms with Crippen molar-refractivity contribution >= 4 is 23.1 Å². The van der Waals surface area contributed by atoms with E-state index in [1.54, 1.807) is 0 Å². The number of ether oxygens (including phenoxy) is 1. The highest BCUT2D eigenvalue weighted by Gasteiger charge is 2.25. The van der Waals surface area contributed by atoms with Crippen LogP contribution in [0.25, 0.3) is 0 Å². The van der Waals surface area contributed by atoms with E-state index in [0.717, 1.165) is 32.1 Å². The summed E-state index contributed by atoms with van der Waals surface area (Å²) < 4.78 is 4.60. The van der Waals surface area contributed by atoms with Crippen molar-refractivity contribution in [2.24, 2.45) is 0 Å². The number of ketones is 1. The van der Waals surface area contributed by atoms with Crippen LogP contribution in [0.5, 0.6) is 0 Å². The predicted octanol–water partition coefficient (Wildman–Crippen LogP) is 8.16. The van der Waals surface area contributed by atoms with E-state index in [4.69, 9.17) is 0 Å². The third-order valence-electron chi connectivity index (χ3n) is 5.55. The fourth-order valence-corrected chi connectivity index (χ4v) is 4.84. The molecule has 32 heavy (non-hydrogen) atoms. The van der Waals surface area contributed by atoms with Crippen LogP contribution >= 0.6 is 11.3 Å². The first-order valence-corrected chi connectivity index (χ1v) is 13.2. The van der Waals surface area contributed by atoms with E-state index in [1.165, 1.54) is 66.6 Å². The SMILES string of the molecule is CC.CCCCCCc1ccc(C2CCCC2=O)cc1.CCCc1ccc(C(=O)OC)s1. The molecule has 1 heterocycles. The van der Waals surface area contributed by atoms with E-state index in [0.29, 0.717) is 10.7 Å². The lowest BCUT2D eigenvalue weighted by atomic mass is 9.95. The lowest BCUT2D eigenvalue weighted by molar-refractivity contribution is -0.118. The molecular formula is C28H42O3S. The van der Waals surface area contributed by atoms with Gasteiger partial charge in [0, 0.05) is 17.2 Å². The molecule has 0 radical (unpaired) electrons. The van der Waals surface area contributed by atoms with Crippen molar-refractivity contribution < 1.29 is 14.3 Å². The Labute approximate surface area is 199 Å². The zero-order chi connectivity index (χ0) is 23.8. The average molecular weight is 459 g/mol. The molecule has 1 aliphatic carbocycles. The summed E-state index contributed by atoms with van der Waals surface area (Å²) in [4.78, 5) is 24.7. The number of carbonyl (C=O) groups excluding carboxylic acids is 2. The van der Waals surface area contributed by atoms with Crippen molar-refractivity contribution in [2.45, 2.75) is 97.8 Å². The summed E-state index contributed by atoms with van der Waals surface area (Å²) in [7, 11) is 1.40. The van der Waals surface area contributed by atoms with Gasteiger partial charge in [-0.15, -0.1) is 11.3 Å². The molecule has 1 aromatic heterocycles. The van der Waals surface area contributed by atoms with Crippen LogP contribution in [0.15, 0.2) is 36.4 Å². The van der Waals surface area contributed by atoms with Gasteiger partial charge in [-0.05, 0) is 55.4 Å². The maximum absolute atomic E-state index is 11.7. The van der Waals surface area contributed by atoms with E-state index < -0.39 is 0 Å². The fourth-order valence-electron chi connectivity index (χ4n) is 3.81. The lowest BCUT2D eigenvalue weighted by Crippen LogP contribution is -2.04. The van der Waals surface area contributed by atoms with Gasteiger partial charge in [0.15, 0.2) is 0 Å². The first-order chi connectivity index (χ1) is 15.6. The van der Waals surface area contributed by atoms with E-state index in [-0.39, 0.29) is 11.9 Å². The molecule has 178 valence electrons. The number of Topliss-reactive ketones (excluding diaryl/α,β-unsaturated/α-hetero) is 1. The van der Waals surface area contributed by atoms with Gasteiger partial charge in [0.2, 0.25) is 0 Å². The van der Waals surface area contributed by atoms with Crippen molar-refractivity contribution in [2.75, 3.05) is 7.11 Å². The van der Waals surface area contributed by atoms with Crippen LogP contribution in [-0.4, -0.2) is 18.9 Å². The molecule has 1 unspecified atom stereocenters. The van der Waals surface area contributed by atoms with Gasteiger partial charge in [-0.25, -0.2) is 4.79 Å². The quantitative estimate of drug-likeness (QED) is 0.281. The largest absolute Gasteiger partial charge is 0.465 e. The van der Waals surface area contributed by atoms with Crippen molar-refractivity contribution in [1.82, 2.24) is 0 Å². The summed E-state index contributed by atoms with van der Waals surface area (Å²) in [5, 5.41) is 0. The number of rotatable bonds is 9. The van der Waals surface area contributed by atoms with Crippen LogP contribution in [0.3, 0.4) is 0 Å². The number of aryl methyl sites for hydroxylation is 2. The summed E-state index contributed by atoms with van der Waals surface area (Å²) in [5.74, 6) is 0.396. The van der Waals surface area contributed by atoms with E-state index in [2.05, 4.69) is 42.8 Å². The molecule has 1 aliphatic rings. The Hall–Kier alpha value is -1.94. The molecule has 1 fully saturated rings. The van der Waals surface area contributed by atoms with Crippen LogP contribution in [0.2, 0.25) is 0 Å². The Kier molecular flexibility index (Phi) is 14.6. The molecule has 1 atom stereocenters. The van der Waals surface area contributed by atoms with Crippen LogP contribution in [0, 0.1) is 0 Å². The van der Waals surface area contributed by atoms with Crippen LogP contribution < -0.4 is 0 Å². The van der Waals surface area contributed by atoms with Crippen molar-refractivity contribution in [3.05, 3.63) is 57.3 Å². The summed E-state index contributed by atoms with van der Waals surface area (Å²) >= 11 is 1.52. The minimum atomic E-state index is -0.234. The molecule has 0 saturated heterocycles. The topological polar surface area (TPSA) is 43.4 Å². The average Bonchev–Trinajstić information content (AvgIpc) is 3.48. The van der Waals surface area contributed by atoms with Gasteiger partial charge in [0.05, 0.1) is 7.11 Å². The number of unbranched alkanes of at least 4 members (excludes halogenated alkanes) is 3. The highest BCUT2D eigenvalue weighted by atomic mass is 32.1.